The minimum atomic E-state index is -0.405. The predicted molar refractivity (Wildman–Crippen MR) is 115 cm³/mol. The maximum atomic E-state index is 12.2. The number of hydrazone groups is 1. The molecule has 6 heteroatoms. The Labute approximate surface area is 175 Å². The normalized spacial score (nSPS) is 10.6. The highest BCUT2D eigenvalue weighted by atomic mass is 16.5. The van der Waals surface area contributed by atoms with Crippen molar-refractivity contribution in [1.29, 1.82) is 0 Å². The van der Waals surface area contributed by atoms with Crippen LogP contribution in [0.4, 0.5) is 0 Å². The van der Waals surface area contributed by atoms with Gasteiger partial charge in [-0.2, -0.15) is 5.10 Å². The second-order valence-corrected chi connectivity index (χ2v) is 6.61. The van der Waals surface area contributed by atoms with E-state index >= 15 is 0 Å². The lowest BCUT2D eigenvalue weighted by atomic mass is 10.1. The Morgan fingerprint density at radius 3 is 2.17 bits per heavy atom. The molecule has 3 aromatic rings. The Hall–Kier alpha value is -3.93. The zero-order chi connectivity index (χ0) is 21.3. The molecule has 0 unspecified atom stereocenters. The number of amides is 1. The summed E-state index contributed by atoms with van der Waals surface area (Å²) < 4.78 is 10.4. The van der Waals surface area contributed by atoms with E-state index in [9.17, 15) is 9.59 Å². The molecule has 0 spiro atoms. The van der Waals surface area contributed by atoms with E-state index in [-0.39, 0.29) is 5.91 Å². The van der Waals surface area contributed by atoms with Gasteiger partial charge in [-0.15, -0.1) is 0 Å². The number of benzene rings is 3. The van der Waals surface area contributed by atoms with E-state index in [2.05, 4.69) is 15.3 Å². The first kappa shape index (κ1) is 20.8. The van der Waals surface area contributed by atoms with Crippen molar-refractivity contribution in [2.24, 2.45) is 5.10 Å². The Kier molecular flexibility index (Phi) is 6.95. The molecule has 0 saturated carbocycles. The fourth-order valence-corrected chi connectivity index (χ4v) is 2.61. The molecule has 0 aliphatic carbocycles. The van der Waals surface area contributed by atoms with Crippen molar-refractivity contribution in [3.8, 4) is 5.75 Å². The average molecular weight is 402 g/mol. The molecule has 3 rings (SSSR count). The first-order valence-corrected chi connectivity index (χ1v) is 9.35. The Morgan fingerprint density at radius 1 is 0.900 bits per heavy atom. The predicted octanol–water partition coefficient (Wildman–Crippen LogP) is 4.12. The third-order valence-corrected chi connectivity index (χ3v) is 4.35. The number of carbonyl (C=O) groups excluding carboxylic acids is 2. The first-order valence-electron chi connectivity index (χ1n) is 9.35. The third-order valence-electron chi connectivity index (χ3n) is 4.35. The molecule has 0 bridgehead atoms. The van der Waals surface area contributed by atoms with Crippen LogP contribution >= 0.6 is 0 Å². The van der Waals surface area contributed by atoms with Crippen LogP contribution < -0.4 is 10.2 Å². The molecule has 0 aromatic heterocycles. The molecule has 0 fully saturated rings. The average Bonchev–Trinajstić information content (AvgIpc) is 2.79. The Bertz CT molecular complexity index is 1020. The maximum Gasteiger partial charge on any atom is 0.337 e. The van der Waals surface area contributed by atoms with Crippen LogP contribution in [0.1, 0.15) is 37.4 Å². The summed E-state index contributed by atoms with van der Waals surface area (Å²) in [5.74, 6) is -0.0538. The molecular formula is C24H22N2O4. The fraction of sp³-hybridized carbons (Fsp3) is 0.125. The SMILES string of the molecule is COC(=O)c1ccc(/C=N\NC(=O)c2ccc(OCc3ccc(C)cc3)cc2)cc1. The molecule has 1 N–H and O–H groups in total. The molecule has 152 valence electrons. The minimum Gasteiger partial charge on any atom is -0.489 e. The molecule has 0 saturated heterocycles. The lowest BCUT2D eigenvalue weighted by Crippen LogP contribution is -2.17. The number of hydrogen-bond donors (Lipinski definition) is 1. The van der Waals surface area contributed by atoms with Gasteiger partial charge in [-0.3, -0.25) is 4.79 Å². The summed E-state index contributed by atoms with van der Waals surface area (Å²) in [5.41, 5.74) is 6.41. The summed E-state index contributed by atoms with van der Waals surface area (Å²) in [4.78, 5) is 23.6. The Morgan fingerprint density at radius 2 is 1.53 bits per heavy atom. The van der Waals surface area contributed by atoms with Gasteiger partial charge in [0.1, 0.15) is 12.4 Å². The molecule has 0 atom stereocenters. The smallest absolute Gasteiger partial charge is 0.337 e. The van der Waals surface area contributed by atoms with Crippen molar-refractivity contribution in [3.05, 3.63) is 101 Å². The number of aryl methyl sites for hydroxylation is 1. The van der Waals surface area contributed by atoms with Crippen LogP contribution in [0.3, 0.4) is 0 Å². The zero-order valence-corrected chi connectivity index (χ0v) is 16.8. The molecule has 0 radical (unpaired) electrons. The van der Waals surface area contributed by atoms with Crippen molar-refractivity contribution in [3.63, 3.8) is 0 Å². The largest absolute Gasteiger partial charge is 0.489 e. The molecule has 0 aliphatic rings. The van der Waals surface area contributed by atoms with Gasteiger partial charge in [0.15, 0.2) is 0 Å². The van der Waals surface area contributed by atoms with Crippen LogP contribution in [-0.4, -0.2) is 25.2 Å². The molecule has 0 aliphatic heterocycles. The van der Waals surface area contributed by atoms with Gasteiger partial charge in [-0.25, -0.2) is 10.2 Å². The molecule has 3 aromatic carbocycles. The van der Waals surface area contributed by atoms with Gasteiger partial charge in [0.05, 0.1) is 18.9 Å². The maximum absolute atomic E-state index is 12.2. The van der Waals surface area contributed by atoms with Crippen LogP contribution in [-0.2, 0) is 11.3 Å². The van der Waals surface area contributed by atoms with Crippen LogP contribution in [0.25, 0.3) is 0 Å². The van der Waals surface area contributed by atoms with Crippen molar-refractivity contribution >= 4 is 18.1 Å². The quantitative estimate of drug-likeness (QED) is 0.366. The highest BCUT2D eigenvalue weighted by molar-refractivity contribution is 5.95. The van der Waals surface area contributed by atoms with Crippen molar-refractivity contribution in [2.45, 2.75) is 13.5 Å². The zero-order valence-electron chi connectivity index (χ0n) is 16.8. The van der Waals surface area contributed by atoms with E-state index in [1.807, 2.05) is 31.2 Å². The second kappa shape index (κ2) is 10.0. The molecular weight excluding hydrogens is 380 g/mol. The summed E-state index contributed by atoms with van der Waals surface area (Å²) in [6.07, 6.45) is 1.50. The number of nitrogens with zero attached hydrogens (tertiary/aromatic N) is 1. The van der Waals surface area contributed by atoms with E-state index in [1.54, 1.807) is 48.5 Å². The molecule has 6 nitrogen and oxygen atoms in total. The minimum absolute atomic E-state index is 0.331. The van der Waals surface area contributed by atoms with Crippen LogP contribution in [0.15, 0.2) is 77.9 Å². The topological polar surface area (TPSA) is 77.0 Å². The van der Waals surface area contributed by atoms with Crippen LogP contribution in [0.5, 0.6) is 5.75 Å². The summed E-state index contributed by atoms with van der Waals surface area (Å²) in [6.45, 7) is 2.50. The van der Waals surface area contributed by atoms with Crippen LogP contribution in [0, 0.1) is 6.92 Å². The van der Waals surface area contributed by atoms with E-state index in [4.69, 9.17) is 4.74 Å². The van der Waals surface area contributed by atoms with Gasteiger partial charge < -0.3 is 9.47 Å². The number of esters is 1. The number of hydrogen-bond acceptors (Lipinski definition) is 5. The second-order valence-electron chi connectivity index (χ2n) is 6.61. The van der Waals surface area contributed by atoms with Crippen molar-refractivity contribution in [1.82, 2.24) is 5.43 Å². The van der Waals surface area contributed by atoms with E-state index < -0.39 is 5.97 Å². The van der Waals surface area contributed by atoms with Gasteiger partial charge in [0, 0.05) is 5.56 Å². The van der Waals surface area contributed by atoms with Crippen molar-refractivity contribution < 1.29 is 19.1 Å². The third kappa shape index (κ3) is 5.78. The van der Waals surface area contributed by atoms with Gasteiger partial charge in [0.25, 0.3) is 5.91 Å². The number of rotatable bonds is 7. The summed E-state index contributed by atoms with van der Waals surface area (Å²) >= 11 is 0. The number of methoxy groups -OCH3 is 1. The van der Waals surface area contributed by atoms with Gasteiger partial charge in [0.2, 0.25) is 0 Å². The first-order chi connectivity index (χ1) is 14.5. The summed E-state index contributed by atoms with van der Waals surface area (Å²) in [7, 11) is 1.33. The highest BCUT2D eigenvalue weighted by Gasteiger charge is 2.06. The fourth-order valence-electron chi connectivity index (χ4n) is 2.61. The van der Waals surface area contributed by atoms with Gasteiger partial charge in [-0.1, -0.05) is 42.0 Å². The van der Waals surface area contributed by atoms with Crippen molar-refractivity contribution in [2.75, 3.05) is 7.11 Å². The van der Waals surface area contributed by atoms with E-state index in [1.165, 1.54) is 18.9 Å². The number of carbonyl (C=O) groups is 2. The summed E-state index contributed by atoms with van der Waals surface area (Å²) in [5, 5.41) is 3.95. The molecule has 1 amide bonds. The van der Waals surface area contributed by atoms with Gasteiger partial charge >= 0.3 is 5.97 Å². The van der Waals surface area contributed by atoms with E-state index in [0.717, 1.165) is 11.1 Å². The lowest BCUT2D eigenvalue weighted by Gasteiger charge is -2.07. The lowest BCUT2D eigenvalue weighted by molar-refractivity contribution is 0.0600. The molecule has 30 heavy (non-hydrogen) atoms. The van der Waals surface area contributed by atoms with Crippen LogP contribution in [0.2, 0.25) is 0 Å². The summed E-state index contributed by atoms with van der Waals surface area (Å²) in [6, 6.07) is 21.7. The monoisotopic (exact) mass is 402 g/mol. The standard InChI is InChI=1S/C24H22N2O4/c1-17-3-5-19(6-4-17)16-30-22-13-11-20(12-14-22)23(27)26-25-15-18-7-9-21(10-8-18)24(28)29-2/h3-15H,16H2,1-2H3,(H,26,27)/b25-15-. The highest BCUT2D eigenvalue weighted by Crippen LogP contribution is 2.15. The number of nitrogens with one attached hydrogen (secondary N) is 1. The van der Waals surface area contributed by atoms with Gasteiger partial charge in [-0.05, 0) is 54.4 Å². The Balaban J connectivity index is 1.51. The molecule has 0 heterocycles. The number of ether oxygens (including phenoxy) is 2. The van der Waals surface area contributed by atoms with E-state index in [0.29, 0.717) is 23.5 Å².